The van der Waals surface area contributed by atoms with Gasteiger partial charge in [-0.1, -0.05) is 19.9 Å². The van der Waals surface area contributed by atoms with E-state index in [1.165, 1.54) is 0 Å². The van der Waals surface area contributed by atoms with Crippen molar-refractivity contribution in [3.05, 3.63) is 12.2 Å². The normalized spacial score (nSPS) is 9.00. The van der Waals surface area contributed by atoms with Crippen molar-refractivity contribution >= 4 is 5.91 Å². The van der Waals surface area contributed by atoms with Crippen molar-refractivity contribution in [3.63, 3.8) is 0 Å². The summed E-state index contributed by atoms with van der Waals surface area (Å²) in [7, 11) is 0. The van der Waals surface area contributed by atoms with Crippen molar-refractivity contribution in [2.75, 3.05) is 0 Å². The van der Waals surface area contributed by atoms with E-state index in [1.807, 2.05) is 5.43 Å². The predicted molar refractivity (Wildman–Crippen MR) is 41.0 cm³/mol. The second kappa shape index (κ2) is 4.99. The van der Waals surface area contributed by atoms with Crippen LogP contribution < -0.4 is 11.3 Å². The Morgan fingerprint density at radius 1 is 1.70 bits per heavy atom. The average molecular weight is 142 g/mol. The summed E-state index contributed by atoms with van der Waals surface area (Å²) < 4.78 is 0. The summed E-state index contributed by atoms with van der Waals surface area (Å²) >= 11 is 0. The van der Waals surface area contributed by atoms with Crippen LogP contribution in [0.15, 0.2) is 12.2 Å². The van der Waals surface area contributed by atoms with E-state index in [9.17, 15) is 4.79 Å². The fourth-order valence-corrected chi connectivity index (χ4v) is 0.606. The minimum atomic E-state index is -0.256. The van der Waals surface area contributed by atoms with Gasteiger partial charge in [0.05, 0.1) is 0 Å². The van der Waals surface area contributed by atoms with E-state index in [2.05, 4.69) is 13.5 Å². The number of amides is 1. The highest BCUT2D eigenvalue weighted by molar-refractivity contribution is 5.92. The number of nitrogens with one attached hydrogen (secondary N) is 1. The lowest BCUT2D eigenvalue weighted by Gasteiger charge is -2.00. The molecule has 0 aliphatic carbocycles. The van der Waals surface area contributed by atoms with E-state index in [4.69, 9.17) is 5.84 Å². The van der Waals surface area contributed by atoms with Gasteiger partial charge in [-0.25, -0.2) is 5.84 Å². The zero-order valence-corrected chi connectivity index (χ0v) is 6.31. The molecule has 3 N–H and O–H groups in total. The molecular formula is C7H14N2O. The first-order chi connectivity index (χ1) is 4.72. The summed E-state index contributed by atoms with van der Waals surface area (Å²) in [5, 5.41) is 0. The van der Waals surface area contributed by atoms with Crippen molar-refractivity contribution in [2.45, 2.75) is 26.2 Å². The summed E-state index contributed by atoms with van der Waals surface area (Å²) in [6.07, 6.45) is 2.79. The molecule has 0 saturated heterocycles. The predicted octanol–water partition coefficient (Wildman–Crippen LogP) is 0.723. The molecule has 1 amide bonds. The van der Waals surface area contributed by atoms with Gasteiger partial charge in [0.25, 0.3) is 5.91 Å². The summed E-state index contributed by atoms with van der Waals surface area (Å²) in [6.45, 7) is 5.63. The van der Waals surface area contributed by atoms with Crippen molar-refractivity contribution < 1.29 is 4.79 Å². The Hall–Kier alpha value is -0.830. The Bertz CT molecular complexity index is 132. The van der Waals surface area contributed by atoms with E-state index in [-0.39, 0.29) is 5.91 Å². The van der Waals surface area contributed by atoms with Gasteiger partial charge in [-0.05, 0) is 12.8 Å². The third kappa shape index (κ3) is 3.25. The number of hydrogen-bond donors (Lipinski definition) is 2. The first-order valence-electron chi connectivity index (χ1n) is 3.41. The van der Waals surface area contributed by atoms with Crippen LogP contribution >= 0.6 is 0 Å². The minimum absolute atomic E-state index is 0.256. The van der Waals surface area contributed by atoms with E-state index >= 15 is 0 Å². The lowest BCUT2D eigenvalue weighted by Crippen LogP contribution is -2.30. The molecule has 0 atom stereocenters. The lowest BCUT2D eigenvalue weighted by molar-refractivity contribution is -0.117. The molecule has 58 valence electrons. The number of carbonyl (C=O) groups excluding carboxylic acids is 1. The third-order valence-electron chi connectivity index (χ3n) is 1.28. The van der Waals surface area contributed by atoms with Crippen LogP contribution in [-0.4, -0.2) is 5.91 Å². The van der Waals surface area contributed by atoms with E-state index < -0.39 is 0 Å². The molecule has 3 heteroatoms. The molecule has 0 rings (SSSR count). The number of hydrazine groups is 1. The molecule has 0 aliphatic rings. The molecule has 0 aliphatic heterocycles. The van der Waals surface area contributed by atoms with Gasteiger partial charge in [-0.15, -0.1) is 0 Å². The van der Waals surface area contributed by atoms with Crippen molar-refractivity contribution in [1.29, 1.82) is 0 Å². The summed E-state index contributed by atoms with van der Waals surface area (Å²) in [5.41, 5.74) is 2.59. The number of unbranched alkanes of at least 4 members (excludes halogenated alkanes) is 1. The molecule has 10 heavy (non-hydrogen) atoms. The van der Waals surface area contributed by atoms with Gasteiger partial charge >= 0.3 is 0 Å². The largest absolute Gasteiger partial charge is 0.290 e. The van der Waals surface area contributed by atoms with Crippen molar-refractivity contribution in [2.24, 2.45) is 5.84 Å². The highest BCUT2D eigenvalue weighted by Crippen LogP contribution is 2.03. The Balaban J connectivity index is 3.52. The van der Waals surface area contributed by atoms with Gasteiger partial charge in [0, 0.05) is 5.57 Å². The maximum Gasteiger partial charge on any atom is 0.260 e. The summed E-state index contributed by atoms with van der Waals surface area (Å²) in [5.74, 6) is 4.63. The maximum atomic E-state index is 10.7. The van der Waals surface area contributed by atoms with Gasteiger partial charge < -0.3 is 0 Å². The fourth-order valence-electron chi connectivity index (χ4n) is 0.606. The van der Waals surface area contributed by atoms with Crippen molar-refractivity contribution in [1.82, 2.24) is 5.43 Å². The molecule has 0 fully saturated rings. The Morgan fingerprint density at radius 2 is 2.30 bits per heavy atom. The summed E-state index contributed by atoms with van der Waals surface area (Å²) in [4.78, 5) is 10.7. The lowest BCUT2D eigenvalue weighted by atomic mass is 10.1. The van der Waals surface area contributed by atoms with Crippen LogP contribution in [0.25, 0.3) is 0 Å². The van der Waals surface area contributed by atoms with Gasteiger partial charge in [0.15, 0.2) is 0 Å². The average Bonchev–Trinajstić information content (AvgIpc) is 1.98. The molecule has 0 heterocycles. The van der Waals surface area contributed by atoms with Crippen molar-refractivity contribution in [3.8, 4) is 0 Å². The number of rotatable bonds is 4. The minimum Gasteiger partial charge on any atom is -0.290 e. The molecule has 0 spiro atoms. The Kier molecular flexibility index (Phi) is 4.58. The first-order valence-corrected chi connectivity index (χ1v) is 3.41. The van der Waals surface area contributed by atoms with Gasteiger partial charge in [-0.3, -0.25) is 10.2 Å². The smallest absolute Gasteiger partial charge is 0.260 e. The molecule has 0 saturated carbocycles. The van der Waals surface area contributed by atoms with Crippen LogP contribution in [0.1, 0.15) is 26.2 Å². The molecule has 0 aromatic heterocycles. The number of hydrogen-bond acceptors (Lipinski definition) is 2. The van der Waals surface area contributed by atoms with Crippen LogP contribution in [0.2, 0.25) is 0 Å². The maximum absolute atomic E-state index is 10.7. The molecule has 0 bridgehead atoms. The summed E-state index contributed by atoms with van der Waals surface area (Å²) in [6, 6.07) is 0. The molecule has 0 aromatic carbocycles. The molecule has 0 aromatic rings. The fraction of sp³-hybridized carbons (Fsp3) is 0.571. The molecule has 0 unspecified atom stereocenters. The second-order valence-corrected chi connectivity index (χ2v) is 2.18. The third-order valence-corrected chi connectivity index (χ3v) is 1.28. The highest BCUT2D eigenvalue weighted by Gasteiger charge is 2.01. The van der Waals surface area contributed by atoms with Gasteiger partial charge in [0.1, 0.15) is 0 Å². The monoisotopic (exact) mass is 142 g/mol. The quantitative estimate of drug-likeness (QED) is 0.263. The van der Waals surface area contributed by atoms with Crippen LogP contribution in [0.3, 0.4) is 0 Å². The molecule has 0 radical (unpaired) electrons. The molecular weight excluding hydrogens is 128 g/mol. The zero-order chi connectivity index (χ0) is 7.98. The second-order valence-electron chi connectivity index (χ2n) is 2.18. The first kappa shape index (κ1) is 9.17. The number of carbonyl (C=O) groups is 1. The standard InChI is InChI=1S/C7H14N2O/c1-3-4-5-6(2)7(10)9-8/h2-5,8H2,1H3,(H,9,10). The molecule has 3 nitrogen and oxygen atoms in total. The SMILES string of the molecule is C=C(CCCC)C(=O)NN. The van der Waals surface area contributed by atoms with Gasteiger partial charge in [-0.2, -0.15) is 0 Å². The number of nitrogens with two attached hydrogens (primary N) is 1. The van der Waals surface area contributed by atoms with Crippen LogP contribution in [0.5, 0.6) is 0 Å². The Morgan fingerprint density at radius 3 is 2.70 bits per heavy atom. The van der Waals surface area contributed by atoms with Crippen LogP contribution in [0.4, 0.5) is 0 Å². The Labute approximate surface area is 61.3 Å². The van der Waals surface area contributed by atoms with E-state index in [1.54, 1.807) is 0 Å². The van der Waals surface area contributed by atoms with Gasteiger partial charge in [0.2, 0.25) is 0 Å². The van der Waals surface area contributed by atoms with E-state index in [0.29, 0.717) is 5.57 Å². The van der Waals surface area contributed by atoms with Crippen LogP contribution in [-0.2, 0) is 4.79 Å². The van der Waals surface area contributed by atoms with Crippen LogP contribution in [0, 0.1) is 0 Å². The van der Waals surface area contributed by atoms with E-state index in [0.717, 1.165) is 19.3 Å². The zero-order valence-electron chi connectivity index (χ0n) is 6.31. The highest BCUT2D eigenvalue weighted by atomic mass is 16.2. The topological polar surface area (TPSA) is 55.1 Å².